The van der Waals surface area contributed by atoms with Gasteiger partial charge in [0.15, 0.2) is 0 Å². The lowest BCUT2D eigenvalue weighted by Crippen LogP contribution is -2.31. The average molecular weight is 497 g/mol. The number of nitrogens with zero attached hydrogens (tertiary/aromatic N) is 2. The molecule has 11 N–H and O–H groups in total. The summed E-state index contributed by atoms with van der Waals surface area (Å²) in [5.41, 5.74) is 5.12. The third-order valence-electron chi connectivity index (χ3n) is 2.40. The molecule has 0 saturated carbocycles. The molecule has 0 saturated heterocycles. The smallest absolute Gasteiger partial charge is 0.339 e. The summed E-state index contributed by atoms with van der Waals surface area (Å²) >= 11 is 0. The highest BCUT2D eigenvalue weighted by Gasteiger charge is 2.26. The number of aliphatic hydroxyl groups is 1. The van der Waals surface area contributed by atoms with Crippen molar-refractivity contribution in [2.45, 2.75) is 0 Å². The minimum Gasteiger partial charge on any atom is -0.395 e. The van der Waals surface area contributed by atoms with Crippen LogP contribution in [0.1, 0.15) is 0 Å². The van der Waals surface area contributed by atoms with Gasteiger partial charge in [-0.1, -0.05) is 0 Å². The molecular weight excluding hydrogens is 470 g/mol. The summed E-state index contributed by atoms with van der Waals surface area (Å²) in [5, 5.41) is 8.48. The molecule has 0 heterocycles. The summed E-state index contributed by atoms with van der Waals surface area (Å²) in [6.07, 6.45) is -2.96. The Morgan fingerprint density at radius 3 is 1.00 bits per heavy atom. The molecule has 20 heteroatoms. The fraction of sp³-hybridized carbons (Fsp3) is 1.00. The van der Waals surface area contributed by atoms with Crippen LogP contribution in [0.2, 0.25) is 0 Å². The fourth-order valence-electron chi connectivity index (χ4n) is 1.74. The second-order valence-corrected chi connectivity index (χ2v) is 12.0. The van der Waals surface area contributed by atoms with Crippen molar-refractivity contribution in [1.82, 2.24) is 9.80 Å². The zero-order valence-corrected chi connectivity index (χ0v) is 18.2. The first kappa shape index (κ1) is 30.6. The second-order valence-electron chi connectivity index (χ2n) is 5.53. The van der Waals surface area contributed by atoms with Crippen LogP contribution in [0.25, 0.3) is 0 Å². The molecule has 0 radical (unpaired) electrons. The molecule has 0 rings (SSSR count). The molecule has 0 aliphatic heterocycles. The lowest BCUT2D eigenvalue weighted by molar-refractivity contribution is 0.212. The molecule has 16 nitrogen and oxygen atoms in total. The predicted octanol–water partition coefficient (Wildman–Crippen LogP) is -2.93. The van der Waals surface area contributed by atoms with E-state index in [-0.39, 0.29) is 19.6 Å². The van der Waals surface area contributed by atoms with Crippen molar-refractivity contribution >= 4 is 30.4 Å². The summed E-state index contributed by atoms with van der Waals surface area (Å²) in [4.78, 5) is 70.3. The van der Waals surface area contributed by atoms with E-state index in [0.29, 0.717) is 0 Å². The largest absolute Gasteiger partial charge is 0.395 e. The van der Waals surface area contributed by atoms with Crippen molar-refractivity contribution in [2.75, 3.05) is 51.4 Å². The van der Waals surface area contributed by atoms with Gasteiger partial charge in [0, 0.05) is 19.6 Å². The van der Waals surface area contributed by atoms with Crippen molar-refractivity contribution < 1.29 is 62.5 Å². The fourth-order valence-corrected chi connectivity index (χ4v) is 5.10. The van der Waals surface area contributed by atoms with E-state index in [0.717, 1.165) is 9.80 Å². The van der Waals surface area contributed by atoms with Gasteiger partial charge in [0.1, 0.15) is 25.1 Å². The number of aliphatic hydroxyl groups excluding tert-OH is 1. The second kappa shape index (κ2) is 13.0. The van der Waals surface area contributed by atoms with Crippen LogP contribution in [0.15, 0.2) is 0 Å². The molecule has 28 heavy (non-hydrogen) atoms. The molecule has 0 aromatic carbocycles. The summed E-state index contributed by atoms with van der Waals surface area (Å²) in [6, 6.07) is 0. The molecule has 0 fully saturated rings. The maximum absolute atomic E-state index is 10.6. The van der Waals surface area contributed by atoms with Gasteiger partial charge in [-0.05, 0) is 0 Å². The quantitative estimate of drug-likeness (QED) is 0.121. The molecule has 0 atom stereocenters. The summed E-state index contributed by atoms with van der Waals surface area (Å²) < 4.78 is 42.2. The molecule has 0 bridgehead atoms. The van der Waals surface area contributed by atoms with Crippen LogP contribution in [0.4, 0.5) is 0 Å². The molecule has 0 spiro atoms. The highest BCUT2D eigenvalue weighted by Crippen LogP contribution is 2.41. The maximum atomic E-state index is 10.6. The minimum atomic E-state index is -4.37. The van der Waals surface area contributed by atoms with Crippen LogP contribution in [-0.2, 0) is 18.3 Å². The van der Waals surface area contributed by atoms with Crippen LogP contribution in [0, 0.1) is 0 Å². The number of hydrogen-bond donors (Lipinski definition) is 10. The first-order valence-corrected chi connectivity index (χ1v) is 14.4. The Balaban J connectivity index is 0. The Hall–Kier alpha value is 0.440. The van der Waals surface area contributed by atoms with Crippen molar-refractivity contribution in [2.24, 2.45) is 5.73 Å². The van der Waals surface area contributed by atoms with Gasteiger partial charge in [-0.2, -0.15) is 0 Å². The van der Waals surface area contributed by atoms with Gasteiger partial charge in [0.25, 0.3) is 0 Å². The van der Waals surface area contributed by atoms with Gasteiger partial charge < -0.3 is 50.0 Å². The Morgan fingerprint density at radius 2 is 0.821 bits per heavy atom. The van der Waals surface area contributed by atoms with Crippen LogP contribution in [-0.4, -0.2) is 105 Å². The molecule has 172 valence electrons. The van der Waals surface area contributed by atoms with Gasteiger partial charge in [-0.15, -0.1) is 0 Å². The first-order valence-electron chi connectivity index (χ1n) is 7.22. The first-order chi connectivity index (χ1) is 12.3. The highest BCUT2D eigenvalue weighted by molar-refractivity contribution is 7.53. The molecular formula is C8H27N3O13P4. The van der Waals surface area contributed by atoms with E-state index >= 15 is 0 Å². The standard InChI is InChI=1S/C4H14N2O6P2.C4H13NO7P2/c5-1-2-6(3-13(7,8)9)4-14(10,11)12;6-2-1-5(3-13(7,8)9)4-14(10,11)12/h1-5H2,(H2,7,8,9)(H2,10,11,12);6H,1-4H2,(H2,7,8,9)(H2,10,11,12). The Labute approximate surface area is 160 Å². The lowest BCUT2D eigenvalue weighted by atomic mass is 10.6. The Bertz CT molecular complexity index is 521. The zero-order valence-electron chi connectivity index (χ0n) is 14.6. The third kappa shape index (κ3) is 24.5. The molecule has 0 unspecified atom stereocenters. The summed E-state index contributed by atoms with van der Waals surface area (Å²) in [6.45, 7) is -0.535. The topological polar surface area (TPSA) is 283 Å². The van der Waals surface area contributed by atoms with Crippen LogP contribution in [0.5, 0.6) is 0 Å². The summed E-state index contributed by atoms with van der Waals surface area (Å²) in [5.74, 6) is 0. The van der Waals surface area contributed by atoms with Gasteiger partial charge in [0.05, 0.1) is 6.61 Å². The Kier molecular flexibility index (Phi) is 14.2. The monoisotopic (exact) mass is 497 g/mol. The van der Waals surface area contributed by atoms with Gasteiger partial charge in [-0.25, -0.2) is 0 Å². The zero-order chi connectivity index (χ0) is 22.8. The van der Waals surface area contributed by atoms with Crippen molar-refractivity contribution in [1.29, 1.82) is 0 Å². The summed E-state index contributed by atoms with van der Waals surface area (Å²) in [7, 11) is -17.4. The molecule has 0 aliphatic carbocycles. The molecule has 0 aromatic heterocycles. The van der Waals surface area contributed by atoms with Gasteiger partial charge in [-0.3, -0.25) is 28.1 Å². The van der Waals surface area contributed by atoms with E-state index in [1.54, 1.807) is 0 Å². The van der Waals surface area contributed by atoms with E-state index in [9.17, 15) is 18.3 Å². The van der Waals surface area contributed by atoms with Gasteiger partial charge >= 0.3 is 30.4 Å². The molecule has 0 aromatic rings. The minimum absolute atomic E-state index is 0.0240. The average Bonchev–Trinajstić information content (AvgIpc) is 2.31. The van der Waals surface area contributed by atoms with E-state index < -0.39 is 62.1 Å². The normalized spacial score (nSPS) is 13.6. The number of nitrogens with two attached hydrogens (primary N) is 1. The maximum Gasteiger partial charge on any atom is 0.339 e. The van der Waals surface area contributed by atoms with Crippen molar-refractivity contribution in [3.63, 3.8) is 0 Å². The van der Waals surface area contributed by atoms with E-state index in [1.807, 2.05) is 0 Å². The number of rotatable bonds is 12. The number of hydrogen-bond acceptors (Lipinski definition) is 8. The van der Waals surface area contributed by atoms with E-state index in [4.69, 9.17) is 50.0 Å². The SMILES string of the molecule is NCCN(CP(=O)(O)O)CP(=O)(O)O.O=P(O)(O)CN(CCO)CP(=O)(O)O. The van der Waals surface area contributed by atoms with Crippen LogP contribution >= 0.6 is 30.4 Å². The van der Waals surface area contributed by atoms with E-state index in [2.05, 4.69) is 0 Å². The van der Waals surface area contributed by atoms with Crippen LogP contribution in [0.3, 0.4) is 0 Å². The highest BCUT2D eigenvalue weighted by atomic mass is 31.2. The van der Waals surface area contributed by atoms with Gasteiger partial charge in [0.2, 0.25) is 0 Å². The van der Waals surface area contributed by atoms with Crippen molar-refractivity contribution in [3.8, 4) is 0 Å². The molecule has 0 aliphatic rings. The third-order valence-corrected chi connectivity index (χ3v) is 5.47. The van der Waals surface area contributed by atoms with E-state index in [1.165, 1.54) is 0 Å². The predicted molar refractivity (Wildman–Crippen MR) is 97.2 cm³/mol. The Morgan fingerprint density at radius 1 is 0.571 bits per heavy atom. The van der Waals surface area contributed by atoms with Crippen molar-refractivity contribution in [3.05, 3.63) is 0 Å². The lowest BCUT2D eigenvalue weighted by Gasteiger charge is -2.21. The molecule has 0 amide bonds. The van der Waals surface area contributed by atoms with Crippen LogP contribution < -0.4 is 5.73 Å².